The van der Waals surface area contributed by atoms with E-state index in [1.807, 2.05) is 6.92 Å². The van der Waals surface area contributed by atoms with E-state index in [4.69, 9.17) is 5.11 Å². The van der Waals surface area contributed by atoms with Crippen molar-refractivity contribution in [1.29, 1.82) is 0 Å². The average Bonchev–Trinajstić information content (AvgIpc) is 2.41. The third-order valence-corrected chi connectivity index (χ3v) is 3.69. The number of carboxylic acids is 1. The van der Waals surface area contributed by atoms with Crippen molar-refractivity contribution in [3.05, 3.63) is 0 Å². The van der Waals surface area contributed by atoms with Gasteiger partial charge in [0.15, 0.2) is 0 Å². The number of hydrogen-bond acceptors (Lipinski definition) is 1. The van der Waals surface area contributed by atoms with Gasteiger partial charge in [0.2, 0.25) is 11.8 Å². The highest BCUT2D eigenvalue weighted by atomic mass is 19.3. The SMILES string of the molecule is CCCCCC(F)(F)CCC(F)(F)CCCCCCC(=O)O. The van der Waals surface area contributed by atoms with Crippen molar-refractivity contribution >= 4 is 5.97 Å². The quantitative estimate of drug-likeness (QED) is 0.312. The fourth-order valence-electron chi connectivity index (χ4n) is 2.26. The van der Waals surface area contributed by atoms with Crippen LogP contribution < -0.4 is 0 Å². The van der Waals surface area contributed by atoms with Gasteiger partial charge in [-0.25, -0.2) is 17.6 Å². The van der Waals surface area contributed by atoms with Crippen LogP contribution in [0.25, 0.3) is 0 Å². The molecule has 0 aliphatic heterocycles. The summed E-state index contributed by atoms with van der Waals surface area (Å²) in [7, 11) is 0. The molecule has 0 heterocycles. The molecule has 0 aromatic heterocycles. The third kappa shape index (κ3) is 12.9. The lowest BCUT2D eigenvalue weighted by atomic mass is 9.99. The number of rotatable bonds is 14. The van der Waals surface area contributed by atoms with Crippen molar-refractivity contribution in [2.75, 3.05) is 0 Å². The van der Waals surface area contributed by atoms with Gasteiger partial charge in [-0.3, -0.25) is 4.79 Å². The van der Waals surface area contributed by atoms with Gasteiger partial charge in [0.05, 0.1) is 0 Å². The third-order valence-electron chi connectivity index (χ3n) is 3.69. The molecule has 0 radical (unpaired) electrons. The Morgan fingerprint density at radius 3 is 1.68 bits per heavy atom. The van der Waals surface area contributed by atoms with Crippen LogP contribution in [0.1, 0.15) is 84.0 Å². The minimum Gasteiger partial charge on any atom is -0.481 e. The van der Waals surface area contributed by atoms with Crippen molar-refractivity contribution in [2.45, 2.75) is 95.8 Å². The van der Waals surface area contributed by atoms with Crippen LogP contribution in [0.5, 0.6) is 0 Å². The van der Waals surface area contributed by atoms with Crippen LogP contribution in [-0.4, -0.2) is 22.9 Å². The highest BCUT2D eigenvalue weighted by Gasteiger charge is 2.35. The molecule has 132 valence electrons. The normalized spacial score (nSPS) is 12.6. The fraction of sp³-hybridized carbons (Fsp3) is 0.938. The van der Waals surface area contributed by atoms with Crippen molar-refractivity contribution < 1.29 is 27.5 Å². The lowest BCUT2D eigenvalue weighted by molar-refractivity contribution is -0.137. The number of halogens is 4. The maximum Gasteiger partial charge on any atom is 0.303 e. The van der Waals surface area contributed by atoms with Crippen LogP contribution in [0.2, 0.25) is 0 Å². The number of hydrogen-bond donors (Lipinski definition) is 1. The van der Waals surface area contributed by atoms with E-state index in [0.717, 1.165) is 6.42 Å². The first-order valence-electron chi connectivity index (χ1n) is 8.16. The van der Waals surface area contributed by atoms with Gasteiger partial charge in [-0.1, -0.05) is 32.6 Å². The topological polar surface area (TPSA) is 37.3 Å². The standard InChI is InChI=1S/C16H28F4O2/c1-2-3-7-10-15(17,18)12-13-16(19,20)11-8-5-4-6-9-14(21)22/h2-13H2,1H3,(H,21,22). The minimum atomic E-state index is -3.05. The summed E-state index contributed by atoms with van der Waals surface area (Å²) in [5.74, 6) is -6.95. The van der Waals surface area contributed by atoms with Crippen molar-refractivity contribution in [3.63, 3.8) is 0 Å². The molecular weight excluding hydrogens is 300 g/mol. The van der Waals surface area contributed by atoms with Crippen molar-refractivity contribution in [1.82, 2.24) is 0 Å². The Balaban J connectivity index is 3.81. The first-order chi connectivity index (χ1) is 10.2. The Hall–Kier alpha value is -0.810. The molecule has 0 fully saturated rings. The average molecular weight is 328 g/mol. The molecule has 0 atom stereocenters. The summed E-state index contributed by atoms with van der Waals surface area (Å²) < 4.78 is 54.0. The molecule has 2 nitrogen and oxygen atoms in total. The van der Waals surface area contributed by atoms with E-state index in [9.17, 15) is 22.4 Å². The molecule has 0 saturated heterocycles. The number of carbonyl (C=O) groups is 1. The summed E-state index contributed by atoms with van der Waals surface area (Å²) in [5, 5.41) is 8.43. The van der Waals surface area contributed by atoms with Crippen molar-refractivity contribution in [2.24, 2.45) is 0 Å². The Kier molecular flexibility index (Phi) is 10.4. The van der Waals surface area contributed by atoms with Gasteiger partial charge in [-0.05, 0) is 19.3 Å². The van der Waals surface area contributed by atoms with Gasteiger partial charge in [-0.15, -0.1) is 0 Å². The van der Waals surface area contributed by atoms with Crippen LogP contribution in [0.15, 0.2) is 0 Å². The van der Waals surface area contributed by atoms with Gasteiger partial charge < -0.3 is 5.11 Å². The predicted molar refractivity (Wildman–Crippen MR) is 78.6 cm³/mol. The monoisotopic (exact) mass is 328 g/mol. The maximum atomic E-state index is 13.6. The van der Waals surface area contributed by atoms with E-state index in [1.54, 1.807) is 0 Å². The molecule has 0 aromatic rings. The molecule has 0 rings (SSSR count). The van der Waals surface area contributed by atoms with Gasteiger partial charge in [0.1, 0.15) is 0 Å². The molecule has 0 aliphatic carbocycles. The highest BCUT2D eigenvalue weighted by Crippen LogP contribution is 2.34. The Morgan fingerprint density at radius 2 is 1.23 bits per heavy atom. The molecule has 0 bridgehead atoms. The zero-order valence-corrected chi connectivity index (χ0v) is 13.4. The summed E-state index contributed by atoms with van der Waals surface area (Å²) in [5.41, 5.74) is 0. The smallest absolute Gasteiger partial charge is 0.303 e. The molecule has 0 spiro atoms. The first kappa shape index (κ1) is 21.2. The summed E-state index contributed by atoms with van der Waals surface area (Å²) in [6, 6.07) is 0. The minimum absolute atomic E-state index is 0.0420. The Bertz CT molecular complexity index is 307. The number of unbranched alkanes of at least 4 members (excludes halogenated alkanes) is 5. The van der Waals surface area contributed by atoms with E-state index in [2.05, 4.69) is 0 Å². The lowest BCUT2D eigenvalue weighted by Gasteiger charge is -2.21. The van der Waals surface area contributed by atoms with Crippen molar-refractivity contribution in [3.8, 4) is 0 Å². The highest BCUT2D eigenvalue weighted by molar-refractivity contribution is 5.66. The molecule has 6 heteroatoms. The van der Waals surface area contributed by atoms with Gasteiger partial charge in [-0.2, -0.15) is 0 Å². The van der Waals surface area contributed by atoms with Crippen LogP contribution in [-0.2, 0) is 4.79 Å². The first-order valence-corrected chi connectivity index (χ1v) is 8.16. The predicted octanol–water partition coefficient (Wildman–Crippen LogP) is 6.04. The van der Waals surface area contributed by atoms with Gasteiger partial charge in [0.25, 0.3) is 0 Å². The Morgan fingerprint density at radius 1 is 0.773 bits per heavy atom. The molecule has 22 heavy (non-hydrogen) atoms. The molecule has 0 amide bonds. The largest absolute Gasteiger partial charge is 0.481 e. The molecule has 0 unspecified atom stereocenters. The van der Waals surface area contributed by atoms with Crippen LogP contribution >= 0.6 is 0 Å². The van der Waals surface area contributed by atoms with Gasteiger partial charge >= 0.3 is 5.97 Å². The summed E-state index contributed by atoms with van der Waals surface area (Å²) >= 11 is 0. The Labute approximate surface area is 130 Å². The second-order valence-electron chi connectivity index (χ2n) is 5.98. The maximum absolute atomic E-state index is 13.6. The second kappa shape index (κ2) is 10.8. The van der Waals surface area contributed by atoms with Crippen LogP contribution in [0, 0.1) is 0 Å². The van der Waals surface area contributed by atoms with E-state index < -0.39 is 37.1 Å². The zero-order chi connectivity index (χ0) is 17.1. The molecule has 0 aromatic carbocycles. The van der Waals surface area contributed by atoms with Gasteiger partial charge in [0, 0.05) is 32.1 Å². The summed E-state index contributed by atoms with van der Waals surface area (Å²) in [6.45, 7) is 1.91. The van der Waals surface area contributed by atoms with E-state index >= 15 is 0 Å². The molecule has 0 saturated carbocycles. The van der Waals surface area contributed by atoms with Crippen LogP contribution in [0.3, 0.4) is 0 Å². The summed E-state index contributed by atoms with van der Waals surface area (Å²) in [6.07, 6.45) is 1.49. The fourth-order valence-corrected chi connectivity index (χ4v) is 2.26. The number of carboxylic acid groups (broad SMARTS) is 1. The number of alkyl halides is 4. The second-order valence-corrected chi connectivity index (χ2v) is 5.98. The zero-order valence-electron chi connectivity index (χ0n) is 13.4. The van der Waals surface area contributed by atoms with E-state index in [0.29, 0.717) is 32.1 Å². The molecule has 0 aliphatic rings. The van der Waals surface area contributed by atoms with Crippen LogP contribution in [0.4, 0.5) is 17.6 Å². The number of aliphatic carboxylic acids is 1. The molecule has 1 N–H and O–H groups in total. The van der Waals surface area contributed by atoms with E-state index in [1.165, 1.54) is 0 Å². The lowest BCUT2D eigenvalue weighted by Crippen LogP contribution is -2.23. The van der Waals surface area contributed by atoms with E-state index in [-0.39, 0.29) is 19.3 Å². The summed E-state index contributed by atoms with van der Waals surface area (Å²) in [4.78, 5) is 10.3. The molecular formula is C16H28F4O2.